The molecule has 0 bridgehead atoms. The van der Waals surface area contributed by atoms with Gasteiger partial charge in [-0.3, -0.25) is 0 Å². The van der Waals surface area contributed by atoms with Crippen LogP contribution in [0.15, 0.2) is 0 Å². The summed E-state index contributed by atoms with van der Waals surface area (Å²) in [5, 5.41) is 3.09. The van der Waals surface area contributed by atoms with Gasteiger partial charge in [-0.25, -0.2) is 0 Å². The normalized spacial score (nSPS) is 36.6. The second-order valence-electron chi connectivity index (χ2n) is 5.61. The molecule has 3 nitrogen and oxygen atoms in total. The summed E-state index contributed by atoms with van der Waals surface area (Å²) in [6, 6.07) is -0.485. The zero-order chi connectivity index (χ0) is 13.9. The van der Waals surface area contributed by atoms with E-state index >= 15 is 0 Å². The van der Waals surface area contributed by atoms with Crippen molar-refractivity contribution in [2.75, 3.05) is 26.9 Å². The molecule has 0 spiro atoms. The first kappa shape index (κ1) is 15.1. The Labute approximate surface area is 111 Å². The maximum Gasteiger partial charge on any atom is 0.393 e. The molecule has 0 amide bonds. The lowest BCUT2D eigenvalue weighted by Crippen LogP contribution is -2.51. The predicted molar refractivity (Wildman–Crippen MR) is 65.0 cm³/mol. The van der Waals surface area contributed by atoms with E-state index in [1.54, 1.807) is 7.11 Å². The number of halogens is 3. The van der Waals surface area contributed by atoms with Crippen molar-refractivity contribution in [3.8, 4) is 0 Å². The molecule has 6 heteroatoms. The highest BCUT2D eigenvalue weighted by Gasteiger charge is 2.46. The highest BCUT2D eigenvalue weighted by Crippen LogP contribution is 2.38. The molecule has 1 aliphatic heterocycles. The van der Waals surface area contributed by atoms with E-state index in [-0.39, 0.29) is 6.42 Å². The molecule has 3 atom stereocenters. The van der Waals surface area contributed by atoms with Crippen molar-refractivity contribution >= 4 is 0 Å². The van der Waals surface area contributed by atoms with Gasteiger partial charge in [-0.05, 0) is 12.8 Å². The molecule has 1 saturated heterocycles. The average molecular weight is 281 g/mol. The number of methoxy groups -OCH3 is 1. The highest BCUT2D eigenvalue weighted by atomic mass is 19.4. The van der Waals surface area contributed by atoms with Gasteiger partial charge < -0.3 is 14.8 Å². The van der Waals surface area contributed by atoms with Gasteiger partial charge in [-0.1, -0.05) is 12.8 Å². The number of nitrogens with one attached hydrogen (secondary N) is 1. The van der Waals surface area contributed by atoms with E-state index in [0.29, 0.717) is 32.6 Å². The fraction of sp³-hybridized carbons (Fsp3) is 1.00. The van der Waals surface area contributed by atoms with Gasteiger partial charge in [-0.15, -0.1) is 0 Å². The van der Waals surface area contributed by atoms with Crippen molar-refractivity contribution in [3.63, 3.8) is 0 Å². The van der Waals surface area contributed by atoms with E-state index in [1.165, 1.54) is 0 Å². The lowest BCUT2D eigenvalue weighted by Gasteiger charge is -2.36. The molecule has 1 N–H and O–H groups in total. The molecular formula is C13H22F3NO2. The van der Waals surface area contributed by atoms with Gasteiger partial charge in [0.15, 0.2) is 0 Å². The van der Waals surface area contributed by atoms with Crippen LogP contribution in [0.5, 0.6) is 0 Å². The molecule has 1 aliphatic carbocycles. The summed E-state index contributed by atoms with van der Waals surface area (Å²) in [7, 11) is 1.60. The van der Waals surface area contributed by atoms with E-state index in [4.69, 9.17) is 9.47 Å². The fourth-order valence-electron chi connectivity index (χ4n) is 3.05. The number of ether oxygens (including phenoxy) is 2. The molecular weight excluding hydrogens is 259 g/mol. The number of hydrogen-bond acceptors (Lipinski definition) is 3. The minimum absolute atomic E-state index is 0.234. The average Bonchev–Trinajstić information content (AvgIpc) is 2.85. The van der Waals surface area contributed by atoms with Crippen LogP contribution < -0.4 is 5.32 Å². The predicted octanol–water partition coefficient (Wildman–Crippen LogP) is 2.50. The Bertz CT molecular complexity index is 290. The van der Waals surface area contributed by atoms with E-state index < -0.39 is 23.7 Å². The van der Waals surface area contributed by atoms with Crippen molar-refractivity contribution in [1.82, 2.24) is 5.32 Å². The monoisotopic (exact) mass is 281 g/mol. The van der Waals surface area contributed by atoms with E-state index in [9.17, 15) is 13.2 Å². The maximum absolute atomic E-state index is 13.0. The molecule has 0 aromatic carbocycles. The molecule has 1 heterocycles. The van der Waals surface area contributed by atoms with E-state index in [1.807, 2.05) is 0 Å². The SMILES string of the molecule is COC1(CNC2CCCCC2C(F)(F)F)CCOC1. The number of alkyl halides is 3. The summed E-state index contributed by atoms with van der Waals surface area (Å²) < 4.78 is 49.7. The van der Waals surface area contributed by atoms with Crippen molar-refractivity contribution in [3.05, 3.63) is 0 Å². The quantitative estimate of drug-likeness (QED) is 0.859. The third kappa shape index (κ3) is 3.61. The van der Waals surface area contributed by atoms with Crippen molar-refractivity contribution in [2.24, 2.45) is 5.92 Å². The van der Waals surface area contributed by atoms with Crippen LogP contribution in [0.2, 0.25) is 0 Å². The third-order valence-corrected chi connectivity index (χ3v) is 4.37. The zero-order valence-corrected chi connectivity index (χ0v) is 11.3. The first-order valence-corrected chi connectivity index (χ1v) is 6.90. The summed E-state index contributed by atoms with van der Waals surface area (Å²) in [6.45, 7) is 1.50. The van der Waals surface area contributed by atoms with Gasteiger partial charge >= 0.3 is 6.18 Å². The highest BCUT2D eigenvalue weighted by molar-refractivity contribution is 4.92. The van der Waals surface area contributed by atoms with E-state index in [2.05, 4.69) is 5.32 Å². The first-order valence-electron chi connectivity index (χ1n) is 6.90. The van der Waals surface area contributed by atoms with Gasteiger partial charge in [0.05, 0.1) is 12.5 Å². The standard InChI is InChI=1S/C13H22F3NO2/c1-18-12(6-7-19-9-12)8-17-11-5-3-2-4-10(11)13(14,15)16/h10-11,17H,2-9H2,1H3. The number of rotatable bonds is 4. The van der Waals surface area contributed by atoms with Gasteiger partial charge in [0.1, 0.15) is 5.60 Å². The molecule has 2 fully saturated rings. The smallest absolute Gasteiger partial charge is 0.378 e. The first-order chi connectivity index (χ1) is 8.97. The third-order valence-electron chi connectivity index (χ3n) is 4.37. The van der Waals surface area contributed by atoms with Crippen LogP contribution in [0.25, 0.3) is 0 Å². The van der Waals surface area contributed by atoms with Gasteiger partial charge in [0, 0.05) is 32.7 Å². The second kappa shape index (κ2) is 5.97. The van der Waals surface area contributed by atoms with Crippen LogP contribution in [-0.2, 0) is 9.47 Å². The van der Waals surface area contributed by atoms with Gasteiger partial charge in [0.2, 0.25) is 0 Å². The molecule has 0 radical (unpaired) electrons. The fourth-order valence-corrected chi connectivity index (χ4v) is 3.05. The Morgan fingerprint density at radius 1 is 1.32 bits per heavy atom. The van der Waals surface area contributed by atoms with E-state index in [0.717, 1.165) is 12.8 Å². The van der Waals surface area contributed by atoms with Gasteiger partial charge in [-0.2, -0.15) is 13.2 Å². The van der Waals surface area contributed by atoms with Crippen LogP contribution in [0.4, 0.5) is 13.2 Å². The van der Waals surface area contributed by atoms with Crippen LogP contribution in [0, 0.1) is 5.92 Å². The topological polar surface area (TPSA) is 30.5 Å². The molecule has 2 rings (SSSR count). The molecule has 2 aliphatic rings. The summed E-state index contributed by atoms with van der Waals surface area (Å²) in [6.07, 6.45) is -1.02. The molecule has 1 saturated carbocycles. The van der Waals surface area contributed by atoms with Gasteiger partial charge in [0.25, 0.3) is 0 Å². The van der Waals surface area contributed by atoms with Crippen molar-refractivity contribution < 1.29 is 22.6 Å². The summed E-state index contributed by atoms with van der Waals surface area (Å²) >= 11 is 0. The Morgan fingerprint density at radius 2 is 2.05 bits per heavy atom. The van der Waals surface area contributed by atoms with Crippen LogP contribution >= 0.6 is 0 Å². The summed E-state index contributed by atoms with van der Waals surface area (Å²) in [4.78, 5) is 0. The van der Waals surface area contributed by atoms with Crippen LogP contribution in [-0.4, -0.2) is 44.7 Å². The Kier molecular flexibility index (Phi) is 4.74. The number of hydrogen-bond donors (Lipinski definition) is 1. The van der Waals surface area contributed by atoms with Crippen LogP contribution in [0.1, 0.15) is 32.1 Å². The van der Waals surface area contributed by atoms with Crippen molar-refractivity contribution in [2.45, 2.75) is 49.9 Å². The minimum Gasteiger partial charge on any atom is -0.378 e. The lowest BCUT2D eigenvalue weighted by atomic mass is 9.83. The summed E-state index contributed by atoms with van der Waals surface area (Å²) in [5.74, 6) is -1.22. The Morgan fingerprint density at radius 3 is 2.63 bits per heavy atom. The zero-order valence-electron chi connectivity index (χ0n) is 11.3. The summed E-state index contributed by atoms with van der Waals surface area (Å²) in [5.41, 5.74) is -0.451. The molecule has 19 heavy (non-hydrogen) atoms. The Hall–Kier alpha value is -0.330. The maximum atomic E-state index is 13.0. The Balaban J connectivity index is 1.92. The van der Waals surface area contributed by atoms with Crippen molar-refractivity contribution in [1.29, 1.82) is 0 Å². The molecule has 112 valence electrons. The molecule has 0 aromatic heterocycles. The second-order valence-corrected chi connectivity index (χ2v) is 5.61. The largest absolute Gasteiger partial charge is 0.393 e. The molecule has 0 aromatic rings. The van der Waals surface area contributed by atoms with Crippen LogP contribution in [0.3, 0.4) is 0 Å². The minimum atomic E-state index is -4.11. The molecule has 3 unspecified atom stereocenters. The lowest BCUT2D eigenvalue weighted by molar-refractivity contribution is -0.189.